The van der Waals surface area contributed by atoms with Crippen LogP contribution in [0.25, 0.3) is 0 Å². The lowest BCUT2D eigenvalue weighted by atomic mass is 10.3. The smallest absolute Gasteiger partial charge is 0.291 e. The summed E-state index contributed by atoms with van der Waals surface area (Å²) in [4.78, 5) is 15.8. The van der Waals surface area contributed by atoms with Crippen LogP contribution in [-0.2, 0) is 6.54 Å². The summed E-state index contributed by atoms with van der Waals surface area (Å²) in [5.41, 5.74) is 6.93. The van der Waals surface area contributed by atoms with Crippen molar-refractivity contribution in [3.05, 3.63) is 47.7 Å². The van der Waals surface area contributed by atoms with Crippen LogP contribution in [0.15, 0.2) is 34.9 Å². The molecule has 0 radical (unpaired) electrons. The Hall–Kier alpha value is -2.14. The zero-order valence-electron chi connectivity index (χ0n) is 9.43. The maximum atomic E-state index is 11.8. The first kappa shape index (κ1) is 11.3. The second-order valence-electron chi connectivity index (χ2n) is 3.61. The predicted octanol–water partition coefficient (Wildman–Crippen LogP) is 1.69. The SMILES string of the molecule is Cc1cc(NC(=O)c2ccc(CN)o2)ccn1. The third-order valence-corrected chi connectivity index (χ3v) is 2.24. The third kappa shape index (κ3) is 2.70. The third-order valence-electron chi connectivity index (χ3n) is 2.24. The summed E-state index contributed by atoms with van der Waals surface area (Å²) in [5, 5.41) is 2.72. The molecule has 0 aliphatic carbocycles. The standard InChI is InChI=1S/C12H13N3O2/c1-8-6-9(4-5-14-8)15-12(16)11-3-2-10(7-13)17-11/h2-6H,7,13H2,1H3,(H,14,15,16). The van der Waals surface area contributed by atoms with E-state index in [1.807, 2.05) is 6.92 Å². The molecule has 5 nitrogen and oxygen atoms in total. The summed E-state index contributed by atoms with van der Waals surface area (Å²) in [6.45, 7) is 2.14. The lowest BCUT2D eigenvalue weighted by Crippen LogP contribution is -2.11. The van der Waals surface area contributed by atoms with E-state index in [4.69, 9.17) is 10.2 Å². The quantitative estimate of drug-likeness (QED) is 0.842. The van der Waals surface area contributed by atoms with Crippen molar-refractivity contribution in [2.45, 2.75) is 13.5 Å². The van der Waals surface area contributed by atoms with Gasteiger partial charge in [0.25, 0.3) is 5.91 Å². The second kappa shape index (κ2) is 4.80. The molecule has 0 aliphatic rings. The minimum absolute atomic E-state index is 0.250. The highest BCUT2D eigenvalue weighted by Gasteiger charge is 2.10. The number of hydrogen-bond acceptors (Lipinski definition) is 4. The molecule has 5 heteroatoms. The van der Waals surface area contributed by atoms with Crippen LogP contribution in [0.3, 0.4) is 0 Å². The Balaban J connectivity index is 2.11. The van der Waals surface area contributed by atoms with E-state index < -0.39 is 0 Å². The first-order valence-corrected chi connectivity index (χ1v) is 5.22. The number of carbonyl (C=O) groups is 1. The molecule has 3 N–H and O–H groups in total. The average molecular weight is 231 g/mol. The van der Waals surface area contributed by atoms with Crippen LogP contribution in [0, 0.1) is 6.92 Å². The van der Waals surface area contributed by atoms with Gasteiger partial charge in [-0.05, 0) is 31.2 Å². The van der Waals surface area contributed by atoms with Crippen LogP contribution in [0.2, 0.25) is 0 Å². The van der Waals surface area contributed by atoms with Crippen LogP contribution in [0.5, 0.6) is 0 Å². The van der Waals surface area contributed by atoms with E-state index in [-0.39, 0.29) is 18.2 Å². The van der Waals surface area contributed by atoms with Gasteiger partial charge in [0.05, 0.1) is 6.54 Å². The maximum absolute atomic E-state index is 11.8. The summed E-state index contributed by atoms with van der Waals surface area (Å²) in [5.74, 6) is 0.538. The second-order valence-corrected chi connectivity index (χ2v) is 3.61. The minimum atomic E-state index is -0.296. The molecule has 0 atom stereocenters. The maximum Gasteiger partial charge on any atom is 0.291 e. The van der Waals surface area contributed by atoms with Crippen LogP contribution in [0.1, 0.15) is 22.0 Å². The normalized spacial score (nSPS) is 10.2. The Morgan fingerprint density at radius 2 is 2.29 bits per heavy atom. The molecule has 0 unspecified atom stereocenters. The summed E-state index contributed by atoms with van der Waals surface area (Å²) < 4.78 is 5.24. The molecular formula is C12H13N3O2. The summed E-state index contributed by atoms with van der Waals surface area (Å²) in [6, 6.07) is 6.79. The number of furan rings is 1. The molecule has 2 heterocycles. The van der Waals surface area contributed by atoms with Crippen LogP contribution in [-0.4, -0.2) is 10.9 Å². The van der Waals surface area contributed by atoms with Gasteiger partial charge in [0.2, 0.25) is 0 Å². The Labute approximate surface area is 98.6 Å². The van der Waals surface area contributed by atoms with E-state index >= 15 is 0 Å². The van der Waals surface area contributed by atoms with Gasteiger partial charge in [0.1, 0.15) is 5.76 Å². The average Bonchev–Trinajstić information content (AvgIpc) is 2.77. The van der Waals surface area contributed by atoms with Crippen molar-refractivity contribution in [1.29, 1.82) is 0 Å². The number of rotatable bonds is 3. The number of nitrogens with zero attached hydrogens (tertiary/aromatic N) is 1. The molecule has 2 aromatic rings. The van der Waals surface area contributed by atoms with E-state index in [2.05, 4.69) is 10.3 Å². The van der Waals surface area contributed by atoms with E-state index in [1.54, 1.807) is 30.5 Å². The Kier molecular flexibility index (Phi) is 3.20. The van der Waals surface area contributed by atoms with Crippen LogP contribution in [0.4, 0.5) is 5.69 Å². The van der Waals surface area contributed by atoms with Crippen molar-refractivity contribution in [1.82, 2.24) is 4.98 Å². The number of carbonyl (C=O) groups excluding carboxylic acids is 1. The van der Waals surface area contributed by atoms with E-state index in [9.17, 15) is 4.79 Å². The van der Waals surface area contributed by atoms with Gasteiger partial charge >= 0.3 is 0 Å². The molecule has 0 aliphatic heterocycles. The van der Waals surface area contributed by atoms with E-state index in [0.29, 0.717) is 11.4 Å². The summed E-state index contributed by atoms with van der Waals surface area (Å²) in [6.07, 6.45) is 1.64. The van der Waals surface area contributed by atoms with Crippen molar-refractivity contribution in [3.8, 4) is 0 Å². The monoisotopic (exact) mass is 231 g/mol. The number of nitrogens with one attached hydrogen (secondary N) is 1. The number of hydrogen-bond donors (Lipinski definition) is 2. The fourth-order valence-electron chi connectivity index (χ4n) is 1.43. The minimum Gasteiger partial charge on any atom is -0.455 e. The van der Waals surface area contributed by atoms with Gasteiger partial charge in [-0.1, -0.05) is 0 Å². The van der Waals surface area contributed by atoms with Gasteiger partial charge < -0.3 is 15.5 Å². The fraction of sp³-hybridized carbons (Fsp3) is 0.167. The Morgan fingerprint density at radius 3 is 2.94 bits per heavy atom. The van der Waals surface area contributed by atoms with Gasteiger partial charge in [-0.15, -0.1) is 0 Å². The van der Waals surface area contributed by atoms with E-state index in [0.717, 1.165) is 5.69 Å². The largest absolute Gasteiger partial charge is 0.455 e. The molecule has 0 aromatic carbocycles. The number of aryl methyl sites for hydroxylation is 1. The van der Waals surface area contributed by atoms with Gasteiger partial charge in [-0.3, -0.25) is 9.78 Å². The van der Waals surface area contributed by atoms with Crippen molar-refractivity contribution >= 4 is 11.6 Å². The van der Waals surface area contributed by atoms with Gasteiger partial charge in [-0.25, -0.2) is 0 Å². The van der Waals surface area contributed by atoms with Gasteiger partial charge in [-0.2, -0.15) is 0 Å². The molecule has 0 saturated carbocycles. The van der Waals surface area contributed by atoms with Crippen molar-refractivity contribution in [2.24, 2.45) is 5.73 Å². The zero-order chi connectivity index (χ0) is 12.3. The molecule has 0 bridgehead atoms. The molecule has 1 amide bonds. The van der Waals surface area contributed by atoms with E-state index in [1.165, 1.54) is 0 Å². The predicted molar refractivity (Wildman–Crippen MR) is 63.5 cm³/mol. The number of anilines is 1. The first-order chi connectivity index (χ1) is 8.19. The summed E-state index contributed by atoms with van der Waals surface area (Å²) >= 11 is 0. The van der Waals surface area contributed by atoms with Gasteiger partial charge in [0.15, 0.2) is 5.76 Å². The van der Waals surface area contributed by atoms with Crippen molar-refractivity contribution < 1.29 is 9.21 Å². The highest BCUT2D eigenvalue weighted by atomic mass is 16.4. The molecule has 0 saturated heterocycles. The molecule has 17 heavy (non-hydrogen) atoms. The fourth-order valence-corrected chi connectivity index (χ4v) is 1.43. The molecule has 2 aromatic heterocycles. The number of pyridine rings is 1. The van der Waals surface area contributed by atoms with Crippen LogP contribution < -0.4 is 11.1 Å². The molecule has 0 spiro atoms. The lowest BCUT2D eigenvalue weighted by Gasteiger charge is -2.03. The highest BCUT2D eigenvalue weighted by Crippen LogP contribution is 2.12. The first-order valence-electron chi connectivity index (χ1n) is 5.22. The van der Waals surface area contributed by atoms with Crippen molar-refractivity contribution in [3.63, 3.8) is 0 Å². The van der Waals surface area contributed by atoms with Crippen LogP contribution >= 0.6 is 0 Å². The van der Waals surface area contributed by atoms with Gasteiger partial charge in [0, 0.05) is 17.6 Å². The number of aromatic nitrogens is 1. The topological polar surface area (TPSA) is 81.2 Å². The lowest BCUT2D eigenvalue weighted by molar-refractivity contribution is 0.0995. The Morgan fingerprint density at radius 1 is 1.47 bits per heavy atom. The Bertz CT molecular complexity index is 534. The van der Waals surface area contributed by atoms with Crippen molar-refractivity contribution in [2.75, 3.05) is 5.32 Å². The molecule has 0 fully saturated rings. The summed E-state index contributed by atoms with van der Waals surface area (Å²) in [7, 11) is 0. The molecule has 88 valence electrons. The molecular weight excluding hydrogens is 218 g/mol. The number of nitrogens with two attached hydrogens (primary N) is 1. The number of amides is 1. The highest BCUT2D eigenvalue weighted by molar-refractivity contribution is 6.02. The molecule has 2 rings (SSSR count). The zero-order valence-corrected chi connectivity index (χ0v) is 9.43.